The van der Waals surface area contributed by atoms with E-state index in [-0.39, 0.29) is 6.61 Å². The van der Waals surface area contributed by atoms with E-state index in [4.69, 9.17) is 18.7 Å². The third-order valence-corrected chi connectivity index (χ3v) is 3.51. The second-order valence-corrected chi connectivity index (χ2v) is 5.52. The van der Waals surface area contributed by atoms with Crippen LogP contribution in [0.3, 0.4) is 0 Å². The number of aromatic nitrogens is 1. The summed E-state index contributed by atoms with van der Waals surface area (Å²) in [5.74, 6) is 1.78. The molecule has 3 aromatic rings. The smallest absolute Gasteiger partial charge is 0.414 e. The Kier molecular flexibility index (Phi) is 4.74. The van der Waals surface area contributed by atoms with Crippen LogP contribution in [0.2, 0.25) is 0 Å². The van der Waals surface area contributed by atoms with Crippen LogP contribution in [0.15, 0.2) is 47.0 Å². The molecule has 0 saturated carbocycles. The van der Waals surface area contributed by atoms with E-state index in [1.807, 2.05) is 18.2 Å². The highest BCUT2D eigenvalue weighted by atomic mass is 16.6. The minimum Gasteiger partial charge on any atom is -0.497 e. The van der Waals surface area contributed by atoms with Gasteiger partial charge in [-0.3, -0.25) is 0 Å². The Morgan fingerprint density at radius 1 is 1.12 bits per heavy atom. The Hall–Kier alpha value is -3.22. The first-order chi connectivity index (χ1) is 12.1. The Bertz CT molecular complexity index is 888. The molecule has 0 aliphatic carbocycles. The van der Waals surface area contributed by atoms with Crippen molar-refractivity contribution in [3.8, 4) is 17.2 Å². The summed E-state index contributed by atoms with van der Waals surface area (Å²) in [6, 6.07) is 12.4. The van der Waals surface area contributed by atoms with Crippen LogP contribution in [0, 0.1) is 0 Å². The number of rotatable bonds is 5. The second-order valence-electron chi connectivity index (χ2n) is 5.52. The molecule has 0 fully saturated rings. The van der Waals surface area contributed by atoms with Crippen LogP contribution in [-0.2, 0) is 6.61 Å². The fourth-order valence-electron chi connectivity index (χ4n) is 2.17. The van der Waals surface area contributed by atoms with Gasteiger partial charge in [-0.2, -0.15) is 0 Å². The molecule has 25 heavy (non-hydrogen) atoms. The predicted molar refractivity (Wildman–Crippen MR) is 91.0 cm³/mol. The van der Waals surface area contributed by atoms with Gasteiger partial charge >= 0.3 is 6.09 Å². The third-order valence-electron chi connectivity index (χ3n) is 3.51. The van der Waals surface area contributed by atoms with Crippen molar-refractivity contribution in [1.29, 1.82) is 0 Å². The molecule has 130 valence electrons. The fourth-order valence-corrected chi connectivity index (χ4v) is 2.17. The van der Waals surface area contributed by atoms with Gasteiger partial charge in [-0.15, -0.1) is 0 Å². The Balaban J connectivity index is 1.73. The predicted octanol–water partition coefficient (Wildman–Crippen LogP) is 3.48. The van der Waals surface area contributed by atoms with Crippen molar-refractivity contribution in [2.45, 2.75) is 6.61 Å². The minimum atomic E-state index is -0.458. The molecule has 1 amide bonds. The van der Waals surface area contributed by atoms with E-state index in [1.165, 1.54) is 4.90 Å². The number of nitrogens with zero attached hydrogens (tertiary/aromatic N) is 2. The molecule has 0 spiro atoms. The van der Waals surface area contributed by atoms with Crippen molar-refractivity contribution in [3.05, 3.63) is 48.2 Å². The van der Waals surface area contributed by atoms with E-state index in [0.29, 0.717) is 22.8 Å². The first-order valence-corrected chi connectivity index (χ1v) is 7.61. The van der Waals surface area contributed by atoms with Gasteiger partial charge in [0.2, 0.25) is 0 Å². The average Bonchev–Trinajstić information content (AvgIpc) is 3.02. The first kappa shape index (κ1) is 16.6. The zero-order valence-corrected chi connectivity index (χ0v) is 14.2. The maximum Gasteiger partial charge on any atom is 0.414 e. The lowest BCUT2D eigenvalue weighted by Crippen LogP contribution is -2.25. The van der Waals surface area contributed by atoms with Gasteiger partial charge in [0.15, 0.2) is 5.58 Å². The zero-order valence-electron chi connectivity index (χ0n) is 14.2. The molecule has 3 rings (SSSR count). The van der Waals surface area contributed by atoms with E-state index in [2.05, 4.69) is 5.16 Å². The third kappa shape index (κ3) is 3.82. The standard InChI is InChI=1S/C18H18N2O5/c1-20(2)18(21)24-14-7-8-15-16(19-25-17(15)10-14)11-23-13-6-4-5-12(9-13)22-3/h4-10H,11H2,1-3H3. The molecule has 2 aromatic carbocycles. The molecule has 0 saturated heterocycles. The Morgan fingerprint density at radius 3 is 2.68 bits per heavy atom. The molecule has 7 heteroatoms. The molecule has 0 unspecified atom stereocenters. The molecule has 1 heterocycles. The van der Waals surface area contributed by atoms with Crippen LogP contribution in [0.25, 0.3) is 11.0 Å². The summed E-state index contributed by atoms with van der Waals surface area (Å²) in [6.07, 6.45) is -0.458. The normalized spacial score (nSPS) is 10.5. The summed E-state index contributed by atoms with van der Waals surface area (Å²) in [4.78, 5) is 12.9. The van der Waals surface area contributed by atoms with Crippen molar-refractivity contribution in [2.24, 2.45) is 0 Å². The molecule has 0 atom stereocenters. The maximum absolute atomic E-state index is 11.6. The Morgan fingerprint density at radius 2 is 1.92 bits per heavy atom. The van der Waals surface area contributed by atoms with Crippen LogP contribution < -0.4 is 14.2 Å². The van der Waals surface area contributed by atoms with Gasteiger partial charge in [-0.05, 0) is 24.3 Å². The van der Waals surface area contributed by atoms with Gasteiger partial charge in [0.1, 0.15) is 29.5 Å². The van der Waals surface area contributed by atoms with Crippen molar-refractivity contribution >= 4 is 17.1 Å². The van der Waals surface area contributed by atoms with Crippen molar-refractivity contribution < 1.29 is 23.5 Å². The molecule has 0 aliphatic rings. The highest BCUT2D eigenvalue weighted by Crippen LogP contribution is 2.26. The molecule has 0 bridgehead atoms. The number of fused-ring (bicyclic) bond motifs is 1. The van der Waals surface area contributed by atoms with Crippen molar-refractivity contribution in [3.63, 3.8) is 0 Å². The van der Waals surface area contributed by atoms with E-state index >= 15 is 0 Å². The van der Waals surface area contributed by atoms with Crippen LogP contribution in [-0.4, -0.2) is 37.4 Å². The lowest BCUT2D eigenvalue weighted by Gasteiger charge is -2.10. The van der Waals surface area contributed by atoms with Crippen LogP contribution in [0.4, 0.5) is 4.79 Å². The summed E-state index contributed by atoms with van der Waals surface area (Å²) in [7, 11) is 4.83. The van der Waals surface area contributed by atoms with E-state index in [9.17, 15) is 4.79 Å². The SMILES string of the molecule is COc1cccc(OCc2noc3cc(OC(=O)N(C)C)ccc23)c1. The first-order valence-electron chi connectivity index (χ1n) is 7.61. The number of benzene rings is 2. The molecule has 1 aromatic heterocycles. The van der Waals surface area contributed by atoms with Crippen LogP contribution in [0.5, 0.6) is 17.2 Å². The number of hydrogen-bond acceptors (Lipinski definition) is 6. The number of carbonyl (C=O) groups excluding carboxylic acids is 1. The van der Waals surface area contributed by atoms with Crippen molar-refractivity contribution in [1.82, 2.24) is 10.1 Å². The minimum absolute atomic E-state index is 0.247. The largest absolute Gasteiger partial charge is 0.497 e. The van der Waals surface area contributed by atoms with Crippen LogP contribution >= 0.6 is 0 Å². The van der Waals surface area contributed by atoms with Gasteiger partial charge < -0.3 is 23.6 Å². The summed E-state index contributed by atoms with van der Waals surface area (Å²) in [6.45, 7) is 0.247. The summed E-state index contributed by atoms with van der Waals surface area (Å²) in [5.41, 5.74) is 1.18. The Labute approximate surface area is 144 Å². The van der Waals surface area contributed by atoms with E-state index < -0.39 is 6.09 Å². The number of ether oxygens (including phenoxy) is 3. The molecule has 0 aliphatic heterocycles. The summed E-state index contributed by atoms with van der Waals surface area (Å²) in [5, 5.41) is 4.82. The second kappa shape index (κ2) is 7.12. The zero-order chi connectivity index (χ0) is 17.8. The number of carbonyl (C=O) groups is 1. The molecular formula is C18H18N2O5. The molecular weight excluding hydrogens is 324 g/mol. The summed E-state index contributed by atoms with van der Waals surface area (Å²) >= 11 is 0. The lowest BCUT2D eigenvalue weighted by atomic mass is 10.2. The number of amides is 1. The van der Waals surface area contributed by atoms with Gasteiger partial charge in [0.05, 0.1) is 7.11 Å². The van der Waals surface area contributed by atoms with Crippen LogP contribution in [0.1, 0.15) is 5.69 Å². The highest BCUT2D eigenvalue weighted by Gasteiger charge is 2.13. The topological polar surface area (TPSA) is 74.0 Å². The van der Waals surface area contributed by atoms with Crippen molar-refractivity contribution in [2.75, 3.05) is 21.2 Å². The fraction of sp³-hybridized carbons (Fsp3) is 0.222. The number of methoxy groups -OCH3 is 1. The van der Waals surface area contributed by atoms with E-state index in [1.54, 1.807) is 45.5 Å². The molecule has 0 radical (unpaired) electrons. The lowest BCUT2D eigenvalue weighted by molar-refractivity contribution is 0.172. The summed E-state index contributed by atoms with van der Waals surface area (Å²) < 4.78 is 21.4. The molecule has 7 nitrogen and oxygen atoms in total. The van der Waals surface area contributed by atoms with Gasteiger partial charge in [0.25, 0.3) is 0 Å². The highest BCUT2D eigenvalue weighted by molar-refractivity contribution is 5.81. The van der Waals surface area contributed by atoms with E-state index in [0.717, 1.165) is 11.1 Å². The monoisotopic (exact) mass is 342 g/mol. The van der Waals surface area contributed by atoms with Gasteiger partial charge in [-0.25, -0.2) is 4.79 Å². The average molecular weight is 342 g/mol. The number of hydrogen-bond donors (Lipinski definition) is 0. The maximum atomic E-state index is 11.6. The van der Waals surface area contributed by atoms with Gasteiger partial charge in [0, 0.05) is 31.6 Å². The quantitative estimate of drug-likeness (QED) is 0.707. The van der Waals surface area contributed by atoms with Gasteiger partial charge in [-0.1, -0.05) is 11.2 Å². The molecule has 0 N–H and O–H groups in total.